The lowest BCUT2D eigenvalue weighted by Gasteiger charge is -2.25. The monoisotopic (exact) mass is 277 g/mol. The van der Waals surface area contributed by atoms with Crippen LogP contribution < -0.4 is 5.32 Å². The summed E-state index contributed by atoms with van der Waals surface area (Å²) in [5.41, 5.74) is 4.17. The third-order valence-corrected chi connectivity index (χ3v) is 5.37. The molecule has 0 bridgehead atoms. The second kappa shape index (κ2) is 6.81. The molecule has 0 heterocycles. The van der Waals surface area contributed by atoms with E-state index in [1.165, 1.54) is 41.7 Å². The van der Waals surface area contributed by atoms with Gasteiger partial charge in [0.2, 0.25) is 0 Å². The van der Waals surface area contributed by atoms with Crippen LogP contribution in [0.4, 0.5) is 0 Å². The molecule has 1 aromatic carbocycles. The number of aryl methyl sites for hydroxylation is 2. The highest BCUT2D eigenvalue weighted by atomic mass is 32.2. The number of thioether (sulfide) groups is 1. The minimum Gasteiger partial charge on any atom is -0.306 e. The average molecular weight is 277 g/mol. The third kappa shape index (κ3) is 4.00. The van der Waals surface area contributed by atoms with Gasteiger partial charge < -0.3 is 5.32 Å². The van der Waals surface area contributed by atoms with Crippen LogP contribution in [-0.2, 0) is 0 Å². The molecule has 3 unspecified atom stereocenters. The van der Waals surface area contributed by atoms with Gasteiger partial charge in [-0.05, 0) is 44.9 Å². The molecule has 1 fully saturated rings. The average Bonchev–Trinajstić information content (AvgIpc) is 2.76. The van der Waals surface area contributed by atoms with Crippen molar-refractivity contribution in [3.05, 3.63) is 34.9 Å². The molecule has 0 aromatic heterocycles. The van der Waals surface area contributed by atoms with Crippen LogP contribution in [0.1, 0.15) is 55.8 Å². The Morgan fingerprint density at radius 1 is 1.21 bits per heavy atom. The van der Waals surface area contributed by atoms with E-state index >= 15 is 0 Å². The standard InChI is InChI=1S/C17H27NS/c1-5-19-17-8-6-7-16(17)18-14(4)15-10-12(2)9-13(3)11-15/h9-11,14,16-18H,5-8H2,1-4H3. The minimum absolute atomic E-state index is 0.460. The maximum atomic E-state index is 3.86. The molecular formula is C17H27NS. The van der Waals surface area contributed by atoms with Gasteiger partial charge in [-0.3, -0.25) is 0 Å². The SMILES string of the molecule is CCSC1CCCC1NC(C)c1cc(C)cc(C)c1. The van der Waals surface area contributed by atoms with Gasteiger partial charge in [0, 0.05) is 17.3 Å². The summed E-state index contributed by atoms with van der Waals surface area (Å²) in [5.74, 6) is 1.24. The predicted octanol–water partition coefficient (Wildman–Crippen LogP) is 4.63. The van der Waals surface area contributed by atoms with Gasteiger partial charge in [0.05, 0.1) is 0 Å². The van der Waals surface area contributed by atoms with Gasteiger partial charge in [-0.15, -0.1) is 0 Å². The van der Waals surface area contributed by atoms with Crippen molar-refractivity contribution < 1.29 is 0 Å². The minimum atomic E-state index is 0.460. The quantitative estimate of drug-likeness (QED) is 0.842. The van der Waals surface area contributed by atoms with Crippen molar-refractivity contribution >= 4 is 11.8 Å². The second-order valence-electron chi connectivity index (χ2n) is 5.84. The summed E-state index contributed by atoms with van der Waals surface area (Å²) in [7, 11) is 0. The number of hydrogen-bond donors (Lipinski definition) is 1. The van der Waals surface area contributed by atoms with Crippen molar-refractivity contribution in [3.8, 4) is 0 Å². The fourth-order valence-electron chi connectivity index (χ4n) is 3.21. The topological polar surface area (TPSA) is 12.0 Å². The van der Waals surface area contributed by atoms with E-state index in [0.717, 1.165) is 5.25 Å². The third-order valence-electron chi connectivity index (χ3n) is 4.04. The Kier molecular flexibility index (Phi) is 5.35. The normalized spacial score (nSPS) is 24.6. The van der Waals surface area contributed by atoms with E-state index in [9.17, 15) is 0 Å². The molecule has 106 valence electrons. The van der Waals surface area contributed by atoms with Gasteiger partial charge in [-0.25, -0.2) is 0 Å². The molecule has 19 heavy (non-hydrogen) atoms. The van der Waals surface area contributed by atoms with Gasteiger partial charge in [0.15, 0.2) is 0 Å². The molecule has 1 aliphatic carbocycles. The van der Waals surface area contributed by atoms with Crippen molar-refractivity contribution in [1.82, 2.24) is 5.32 Å². The van der Waals surface area contributed by atoms with Crippen LogP contribution in [0.25, 0.3) is 0 Å². The summed E-state index contributed by atoms with van der Waals surface area (Å²) in [6.07, 6.45) is 4.11. The summed E-state index contributed by atoms with van der Waals surface area (Å²) in [6, 6.07) is 8.05. The Bertz CT molecular complexity index is 395. The Morgan fingerprint density at radius 2 is 1.89 bits per heavy atom. The molecule has 1 aliphatic rings. The number of nitrogens with one attached hydrogen (secondary N) is 1. The number of hydrogen-bond acceptors (Lipinski definition) is 2. The fraction of sp³-hybridized carbons (Fsp3) is 0.647. The molecule has 0 amide bonds. The molecule has 1 nitrogen and oxygen atoms in total. The summed E-state index contributed by atoms with van der Waals surface area (Å²) in [6.45, 7) is 8.96. The van der Waals surface area contributed by atoms with E-state index in [1.807, 2.05) is 0 Å². The summed E-state index contributed by atoms with van der Waals surface area (Å²) < 4.78 is 0. The van der Waals surface area contributed by atoms with Crippen molar-refractivity contribution in [2.45, 2.75) is 64.3 Å². The Balaban J connectivity index is 2.01. The van der Waals surface area contributed by atoms with Crippen LogP contribution in [0.2, 0.25) is 0 Å². The van der Waals surface area contributed by atoms with Crippen LogP contribution in [0.3, 0.4) is 0 Å². The molecule has 1 N–H and O–H groups in total. The lowest BCUT2D eigenvalue weighted by atomic mass is 10.0. The Labute approximate surface area is 122 Å². The van der Waals surface area contributed by atoms with Crippen molar-refractivity contribution in [2.75, 3.05) is 5.75 Å². The smallest absolute Gasteiger partial charge is 0.0294 e. The van der Waals surface area contributed by atoms with E-state index in [1.54, 1.807) is 0 Å². The fourth-order valence-corrected chi connectivity index (χ4v) is 4.42. The summed E-state index contributed by atoms with van der Waals surface area (Å²) in [5, 5.41) is 4.68. The van der Waals surface area contributed by atoms with E-state index in [2.05, 4.69) is 63.0 Å². The summed E-state index contributed by atoms with van der Waals surface area (Å²) >= 11 is 2.13. The molecule has 0 radical (unpaired) electrons. The first-order chi connectivity index (χ1) is 9.10. The first-order valence-electron chi connectivity index (χ1n) is 7.56. The van der Waals surface area contributed by atoms with Crippen LogP contribution >= 0.6 is 11.8 Å². The maximum absolute atomic E-state index is 3.86. The number of benzene rings is 1. The first-order valence-corrected chi connectivity index (χ1v) is 8.61. The molecular weight excluding hydrogens is 250 g/mol. The van der Waals surface area contributed by atoms with E-state index in [0.29, 0.717) is 12.1 Å². The zero-order valence-electron chi connectivity index (χ0n) is 12.7. The Morgan fingerprint density at radius 3 is 2.53 bits per heavy atom. The number of rotatable bonds is 5. The van der Waals surface area contributed by atoms with Gasteiger partial charge in [0.1, 0.15) is 0 Å². The van der Waals surface area contributed by atoms with E-state index < -0.39 is 0 Å². The molecule has 1 aromatic rings. The molecule has 1 saturated carbocycles. The highest BCUT2D eigenvalue weighted by molar-refractivity contribution is 7.99. The van der Waals surface area contributed by atoms with Crippen molar-refractivity contribution in [1.29, 1.82) is 0 Å². The molecule has 2 heteroatoms. The zero-order valence-corrected chi connectivity index (χ0v) is 13.5. The van der Waals surface area contributed by atoms with Gasteiger partial charge in [-0.2, -0.15) is 11.8 Å². The van der Waals surface area contributed by atoms with Gasteiger partial charge in [0.25, 0.3) is 0 Å². The largest absolute Gasteiger partial charge is 0.306 e. The van der Waals surface area contributed by atoms with Gasteiger partial charge >= 0.3 is 0 Å². The van der Waals surface area contributed by atoms with Crippen LogP contribution in [-0.4, -0.2) is 17.0 Å². The molecule has 3 atom stereocenters. The van der Waals surface area contributed by atoms with Gasteiger partial charge in [-0.1, -0.05) is 42.7 Å². The molecule has 0 spiro atoms. The predicted molar refractivity (Wildman–Crippen MR) is 87.0 cm³/mol. The first kappa shape index (κ1) is 14.9. The van der Waals surface area contributed by atoms with Crippen LogP contribution in [0, 0.1) is 13.8 Å². The summed E-state index contributed by atoms with van der Waals surface area (Å²) in [4.78, 5) is 0. The Hall–Kier alpha value is -0.470. The van der Waals surface area contributed by atoms with E-state index in [4.69, 9.17) is 0 Å². The lowest BCUT2D eigenvalue weighted by Crippen LogP contribution is -2.36. The van der Waals surface area contributed by atoms with Crippen molar-refractivity contribution in [2.24, 2.45) is 0 Å². The molecule has 2 rings (SSSR count). The molecule has 0 saturated heterocycles. The lowest BCUT2D eigenvalue weighted by molar-refractivity contribution is 0.467. The maximum Gasteiger partial charge on any atom is 0.0294 e. The highest BCUT2D eigenvalue weighted by Crippen LogP contribution is 2.31. The second-order valence-corrected chi connectivity index (χ2v) is 7.36. The van der Waals surface area contributed by atoms with Crippen molar-refractivity contribution in [3.63, 3.8) is 0 Å². The van der Waals surface area contributed by atoms with E-state index in [-0.39, 0.29) is 0 Å². The highest BCUT2D eigenvalue weighted by Gasteiger charge is 2.28. The van der Waals surface area contributed by atoms with Crippen LogP contribution in [0.15, 0.2) is 18.2 Å². The zero-order chi connectivity index (χ0) is 13.8. The molecule has 0 aliphatic heterocycles. The van der Waals surface area contributed by atoms with Crippen LogP contribution in [0.5, 0.6) is 0 Å².